The van der Waals surface area contributed by atoms with Crippen molar-refractivity contribution in [2.45, 2.75) is 31.6 Å². The van der Waals surface area contributed by atoms with Crippen LogP contribution in [0.2, 0.25) is 0 Å². The van der Waals surface area contributed by atoms with Crippen LogP contribution in [0.15, 0.2) is 41.3 Å². The molecule has 3 N–H and O–H groups in total. The molecule has 0 atom stereocenters. The molecule has 0 aliphatic carbocycles. The Hall–Kier alpha value is -2.91. The van der Waals surface area contributed by atoms with Crippen LogP contribution in [0.1, 0.15) is 35.7 Å². The Morgan fingerprint density at radius 1 is 1.00 bits per heavy atom. The highest BCUT2D eigenvalue weighted by Crippen LogP contribution is 2.30. The van der Waals surface area contributed by atoms with E-state index in [9.17, 15) is 23.1 Å². The molecule has 3 rings (SSSR count). The van der Waals surface area contributed by atoms with Crippen molar-refractivity contribution in [3.63, 3.8) is 0 Å². The van der Waals surface area contributed by atoms with E-state index < -0.39 is 15.9 Å². The van der Waals surface area contributed by atoms with Crippen LogP contribution in [0.3, 0.4) is 0 Å². The molecule has 0 spiro atoms. The number of phenolic OH excluding ortho intramolecular Hbond substituents is 1. The van der Waals surface area contributed by atoms with Crippen LogP contribution in [0.25, 0.3) is 0 Å². The summed E-state index contributed by atoms with van der Waals surface area (Å²) in [6.45, 7) is 4.09. The summed E-state index contributed by atoms with van der Waals surface area (Å²) in [4.78, 5) is 24.0. The van der Waals surface area contributed by atoms with E-state index in [0.717, 1.165) is 18.4 Å². The van der Waals surface area contributed by atoms with Gasteiger partial charge in [-0.1, -0.05) is 6.07 Å². The number of benzene rings is 2. The van der Waals surface area contributed by atoms with E-state index in [-0.39, 0.29) is 27.8 Å². The quantitative estimate of drug-likeness (QED) is 0.647. The molecule has 2 aromatic rings. The summed E-state index contributed by atoms with van der Waals surface area (Å²) >= 11 is 0. The second-order valence-electron chi connectivity index (χ2n) is 6.96. The van der Waals surface area contributed by atoms with Gasteiger partial charge in [0.05, 0.1) is 10.6 Å². The van der Waals surface area contributed by atoms with Crippen molar-refractivity contribution < 1.29 is 23.1 Å². The maximum absolute atomic E-state index is 12.7. The lowest BCUT2D eigenvalue weighted by atomic mass is 10.1. The summed E-state index contributed by atoms with van der Waals surface area (Å²) in [5.74, 6) is -1.04. The number of carbonyl (C=O) groups is 2. The summed E-state index contributed by atoms with van der Waals surface area (Å²) in [6.07, 6.45) is 1.62. The summed E-state index contributed by atoms with van der Waals surface area (Å²) < 4.78 is 26.9. The topological polar surface area (TPSA) is 116 Å². The molecule has 0 aromatic heterocycles. The Morgan fingerprint density at radius 3 is 2.34 bits per heavy atom. The zero-order valence-electron chi connectivity index (χ0n) is 16.2. The number of rotatable bonds is 5. The van der Waals surface area contributed by atoms with E-state index in [1.165, 1.54) is 35.5 Å². The van der Waals surface area contributed by atoms with Crippen molar-refractivity contribution in [3.05, 3.63) is 47.5 Å². The van der Waals surface area contributed by atoms with Crippen molar-refractivity contribution in [1.82, 2.24) is 4.31 Å². The van der Waals surface area contributed by atoms with Crippen LogP contribution in [-0.4, -0.2) is 42.7 Å². The molecule has 9 heteroatoms. The van der Waals surface area contributed by atoms with Gasteiger partial charge in [0.1, 0.15) is 5.75 Å². The maximum atomic E-state index is 12.7. The first-order chi connectivity index (χ1) is 13.7. The van der Waals surface area contributed by atoms with E-state index >= 15 is 0 Å². The predicted molar refractivity (Wildman–Crippen MR) is 110 cm³/mol. The molecule has 29 heavy (non-hydrogen) atoms. The standard InChI is InChI=1S/C20H23N3O5S/c1-13-5-6-15(11-17(13)21-14(2)24)20(26)22-18-12-16(7-8-19(18)25)29(27,28)23-9-3-4-10-23/h5-8,11-12,25H,3-4,9-10H2,1-2H3,(H,21,24)(H,22,26). The zero-order valence-corrected chi connectivity index (χ0v) is 17.0. The van der Waals surface area contributed by atoms with Crippen LogP contribution < -0.4 is 10.6 Å². The van der Waals surface area contributed by atoms with Crippen molar-refractivity contribution in [1.29, 1.82) is 0 Å². The highest BCUT2D eigenvalue weighted by molar-refractivity contribution is 7.89. The number of nitrogens with one attached hydrogen (secondary N) is 2. The van der Waals surface area contributed by atoms with Crippen LogP contribution in [0, 0.1) is 6.92 Å². The van der Waals surface area contributed by atoms with Crippen molar-refractivity contribution >= 4 is 33.2 Å². The highest BCUT2D eigenvalue weighted by Gasteiger charge is 2.28. The number of amides is 2. The average Bonchev–Trinajstić information content (AvgIpc) is 3.20. The Bertz CT molecular complexity index is 1060. The molecular weight excluding hydrogens is 394 g/mol. The lowest BCUT2D eigenvalue weighted by molar-refractivity contribution is -0.114. The average molecular weight is 417 g/mol. The second-order valence-corrected chi connectivity index (χ2v) is 8.89. The van der Waals surface area contributed by atoms with Crippen molar-refractivity contribution in [2.75, 3.05) is 23.7 Å². The molecule has 0 unspecified atom stereocenters. The van der Waals surface area contributed by atoms with Gasteiger partial charge in [0, 0.05) is 31.3 Å². The molecule has 1 aliphatic rings. The van der Waals surface area contributed by atoms with Gasteiger partial charge in [-0.25, -0.2) is 8.42 Å². The number of anilines is 2. The van der Waals surface area contributed by atoms with Gasteiger partial charge in [0.25, 0.3) is 5.91 Å². The fraction of sp³-hybridized carbons (Fsp3) is 0.300. The van der Waals surface area contributed by atoms with Gasteiger partial charge < -0.3 is 15.7 Å². The minimum absolute atomic E-state index is 0.00285. The summed E-state index contributed by atoms with van der Waals surface area (Å²) in [7, 11) is -3.68. The van der Waals surface area contributed by atoms with Gasteiger partial charge in [0.2, 0.25) is 15.9 Å². The van der Waals surface area contributed by atoms with Crippen LogP contribution in [0.4, 0.5) is 11.4 Å². The van der Waals surface area contributed by atoms with E-state index in [0.29, 0.717) is 18.8 Å². The Morgan fingerprint density at radius 2 is 1.69 bits per heavy atom. The second kappa shape index (κ2) is 8.22. The van der Waals surface area contributed by atoms with Gasteiger partial charge in [-0.05, 0) is 55.7 Å². The first-order valence-corrected chi connectivity index (χ1v) is 10.7. The van der Waals surface area contributed by atoms with E-state index in [4.69, 9.17) is 0 Å². The van der Waals surface area contributed by atoms with E-state index in [2.05, 4.69) is 10.6 Å². The first kappa shape index (κ1) is 20.8. The molecule has 1 saturated heterocycles. The zero-order chi connectivity index (χ0) is 21.2. The number of aryl methyl sites for hydroxylation is 1. The number of carbonyl (C=O) groups excluding carboxylic acids is 2. The highest BCUT2D eigenvalue weighted by atomic mass is 32.2. The third-order valence-corrected chi connectivity index (χ3v) is 6.62. The molecule has 2 aromatic carbocycles. The van der Waals surface area contributed by atoms with Gasteiger partial charge in [-0.2, -0.15) is 4.31 Å². The van der Waals surface area contributed by atoms with Crippen LogP contribution in [0.5, 0.6) is 5.75 Å². The van der Waals surface area contributed by atoms with Crippen LogP contribution >= 0.6 is 0 Å². The number of sulfonamides is 1. The third kappa shape index (κ3) is 4.57. The molecule has 8 nitrogen and oxygen atoms in total. The Kier molecular flexibility index (Phi) is 5.90. The number of aromatic hydroxyl groups is 1. The number of nitrogens with zero attached hydrogens (tertiary/aromatic N) is 1. The van der Waals surface area contributed by atoms with Crippen LogP contribution in [-0.2, 0) is 14.8 Å². The largest absolute Gasteiger partial charge is 0.506 e. The molecule has 154 valence electrons. The Labute approximate surface area is 169 Å². The predicted octanol–water partition coefficient (Wildman–Crippen LogP) is 2.70. The van der Waals surface area contributed by atoms with Crippen molar-refractivity contribution in [3.8, 4) is 5.75 Å². The van der Waals surface area contributed by atoms with Gasteiger partial charge in [-0.15, -0.1) is 0 Å². The number of phenols is 1. The molecule has 1 heterocycles. The molecule has 0 radical (unpaired) electrons. The number of hydrogen-bond acceptors (Lipinski definition) is 5. The molecule has 1 aliphatic heterocycles. The first-order valence-electron chi connectivity index (χ1n) is 9.21. The normalized spacial score (nSPS) is 14.6. The van der Waals surface area contributed by atoms with Crippen molar-refractivity contribution in [2.24, 2.45) is 0 Å². The lowest BCUT2D eigenvalue weighted by Gasteiger charge is -2.17. The Balaban J connectivity index is 1.86. The minimum atomic E-state index is -3.68. The van der Waals surface area contributed by atoms with E-state index in [1.54, 1.807) is 19.1 Å². The van der Waals surface area contributed by atoms with Gasteiger partial charge in [0.15, 0.2) is 0 Å². The SMILES string of the molecule is CC(=O)Nc1cc(C(=O)Nc2cc(S(=O)(=O)N3CCCC3)ccc2O)ccc1C. The fourth-order valence-corrected chi connectivity index (χ4v) is 4.68. The summed E-state index contributed by atoms with van der Waals surface area (Å²) in [5, 5.41) is 15.3. The summed E-state index contributed by atoms with van der Waals surface area (Å²) in [5.41, 5.74) is 1.54. The molecule has 0 bridgehead atoms. The molecule has 2 amide bonds. The molecular formula is C20H23N3O5S. The number of hydrogen-bond donors (Lipinski definition) is 3. The van der Waals surface area contributed by atoms with Gasteiger partial charge in [-0.3, -0.25) is 9.59 Å². The minimum Gasteiger partial charge on any atom is -0.506 e. The molecule has 1 fully saturated rings. The maximum Gasteiger partial charge on any atom is 0.255 e. The fourth-order valence-electron chi connectivity index (χ4n) is 3.14. The smallest absolute Gasteiger partial charge is 0.255 e. The lowest BCUT2D eigenvalue weighted by Crippen LogP contribution is -2.28. The third-order valence-electron chi connectivity index (χ3n) is 4.73. The summed E-state index contributed by atoms with van der Waals surface area (Å²) in [6, 6.07) is 8.61. The van der Waals surface area contributed by atoms with E-state index in [1.807, 2.05) is 0 Å². The van der Waals surface area contributed by atoms with Gasteiger partial charge >= 0.3 is 0 Å². The molecule has 0 saturated carbocycles. The monoisotopic (exact) mass is 417 g/mol.